The Kier molecular flexibility index (Phi) is 4.53. The van der Waals surface area contributed by atoms with E-state index in [-0.39, 0.29) is 5.92 Å². The quantitative estimate of drug-likeness (QED) is 0.890. The fourth-order valence-corrected chi connectivity index (χ4v) is 3.22. The molecule has 2 rings (SSSR count). The van der Waals surface area contributed by atoms with E-state index in [1.165, 1.54) is 7.05 Å². The van der Waals surface area contributed by atoms with Crippen LogP contribution in [0.4, 0.5) is 11.4 Å². The summed E-state index contributed by atoms with van der Waals surface area (Å²) in [5, 5.41) is 0. The molecule has 7 heteroatoms. The third-order valence-corrected chi connectivity index (χ3v) is 4.84. The zero-order valence-electron chi connectivity index (χ0n) is 12.5. The van der Waals surface area contributed by atoms with Gasteiger partial charge in [-0.1, -0.05) is 19.1 Å². The Hall–Kier alpha value is -1.60. The van der Waals surface area contributed by atoms with Gasteiger partial charge in [0.05, 0.1) is 11.4 Å². The van der Waals surface area contributed by atoms with Gasteiger partial charge in [-0.15, -0.1) is 0 Å². The maximum absolute atomic E-state index is 12.4. The molecule has 21 heavy (non-hydrogen) atoms. The number of carbonyl (C=O) groups is 1. The van der Waals surface area contributed by atoms with Gasteiger partial charge in [-0.3, -0.25) is 4.79 Å². The van der Waals surface area contributed by atoms with Crippen molar-refractivity contribution in [1.82, 2.24) is 4.72 Å². The van der Waals surface area contributed by atoms with E-state index >= 15 is 0 Å². The van der Waals surface area contributed by atoms with E-state index in [1.807, 2.05) is 31.3 Å². The number of para-hydroxylation sites is 2. The van der Waals surface area contributed by atoms with Crippen LogP contribution in [-0.4, -0.2) is 47.3 Å². The van der Waals surface area contributed by atoms with Crippen molar-refractivity contribution in [3.05, 3.63) is 24.3 Å². The number of hydrogen-bond acceptors (Lipinski definition) is 4. The summed E-state index contributed by atoms with van der Waals surface area (Å²) in [6, 6.07) is 7.57. The van der Waals surface area contributed by atoms with Crippen LogP contribution in [0.25, 0.3) is 0 Å². The Morgan fingerprint density at radius 3 is 2.52 bits per heavy atom. The van der Waals surface area contributed by atoms with Gasteiger partial charge in [-0.25, -0.2) is 13.1 Å². The average Bonchev–Trinajstić information content (AvgIpc) is 2.56. The fourth-order valence-electron chi connectivity index (χ4n) is 2.60. The summed E-state index contributed by atoms with van der Waals surface area (Å²) in [4.78, 5) is 16.1. The number of amides is 1. The summed E-state index contributed by atoms with van der Waals surface area (Å²) < 4.78 is 25.4. The zero-order chi connectivity index (χ0) is 15.6. The molecule has 1 amide bonds. The lowest BCUT2D eigenvalue weighted by atomic mass is 10.1. The highest BCUT2D eigenvalue weighted by Gasteiger charge is 2.28. The number of hydrogen-bond donors (Lipinski definition) is 1. The first-order chi connectivity index (χ1) is 9.84. The number of anilines is 2. The molecule has 0 aliphatic carbocycles. The van der Waals surface area contributed by atoms with Crippen LogP contribution in [0, 0.1) is 5.92 Å². The number of fused-ring (bicyclic) bond motifs is 1. The highest BCUT2D eigenvalue weighted by Crippen LogP contribution is 2.32. The molecule has 0 fully saturated rings. The van der Waals surface area contributed by atoms with Crippen molar-refractivity contribution in [2.75, 3.05) is 42.7 Å². The molecule has 1 aromatic rings. The molecule has 6 nitrogen and oxygen atoms in total. The molecule has 0 spiro atoms. The van der Waals surface area contributed by atoms with E-state index in [1.54, 1.807) is 4.90 Å². The molecule has 0 aromatic heterocycles. The average molecular weight is 311 g/mol. The third-order valence-electron chi connectivity index (χ3n) is 3.59. The SMILES string of the molecule is CNS(=O)(=O)CC(=O)N1C[C@@H](C)CN(C)c2ccccc21. The molecule has 116 valence electrons. The summed E-state index contributed by atoms with van der Waals surface area (Å²) in [6.45, 7) is 3.38. The van der Waals surface area contributed by atoms with Crippen LogP contribution in [0.3, 0.4) is 0 Å². The third kappa shape index (κ3) is 3.54. The number of benzene rings is 1. The molecule has 1 aromatic carbocycles. The van der Waals surface area contributed by atoms with Gasteiger partial charge in [-0.05, 0) is 25.1 Å². The van der Waals surface area contributed by atoms with Crippen LogP contribution in [0.2, 0.25) is 0 Å². The molecular weight excluding hydrogens is 290 g/mol. The van der Waals surface area contributed by atoms with Crippen LogP contribution in [0.1, 0.15) is 6.92 Å². The lowest BCUT2D eigenvalue weighted by Crippen LogP contribution is -2.40. The van der Waals surface area contributed by atoms with Crippen molar-refractivity contribution in [2.45, 2.75) is 6.92 Å². The molecule has 0 saturated carbocycles. The minimum absolute atomic E-state index is 0.253. The first-order valence-electron chi connectivity index (χ1n) is 6.86. The number of nitrogens with zero attached hydrogens (tertiary/aromatic N) is 2. The predicted molar refractivity (Wildman–Crippen MR) is 84.1 cm³/mol. The van der Waals surface area contributed by atoms with E-state index in [9.17, 15) is 13.2 Å². The number of nitrogens with one attached hydrogen (secondary N) is 1. The van der Waals surface area contributed by atoms with Crippen LogP contribution in [-0.2, 0) is 14.8 Å². The van der Waals surface area contributed by atoms with Crippen molar-refractivity contribution < 1.29 is 13.2 Å². The van der Waals surface area contributed by atoms with Crippen molar-refractivity contribution in [1.29, 1.82) is 0 Å². The van der Waals surface area contributed by atoms with E-state index < -0.39 is 21.7 Å². The molecule has 1 heterocycles. The number of carbonyl (C=O) groups excluding carboxylic acids is 1. The van der Waals surface area contributed by atoms with Crippen molar-refractivity contribution in [3.63, 3.8) is 0 Å². The Balaban J connectivity index is 2.37. The maximum atomic E-state index is 12.4. The largest absolute Gasteiger partial charge is 0.373 e. The van der Waals surface area contributed by atoms with E-state index in [4.69, 9.17) is 0 Å². The van der Waals surface area contributed by atoms with Gasteiger partial charge in [0.2, 0.25) is 15.9 Å². The Labute approximate surface area is 125 Å². The van der Waals surface area contributed by atoms with E-state index in [0.717, 1.165) is 17.9 Å². The second-order valence-electron chi connectivity index (χ2n) is 5.44. The van der Waals surface area contributed by atoms with Crippen molar-refractivity contribution in [2.24, 2.45) is 5.92 Å². The maximum Gasteiger partial charge on any atom is 0.243 e. The summed E-state index contributed by atoms with van der Waals surface area (Å²) in [5.41, 5.74) is 1.71. The van der Waals surface area contributed by atoms with Gasteiger partial charge in [-0.2, -0.15) is 0 Å². The first kappa shape index (κ1) is 15.8. The summed E-state index contributed by atoms with van der Waals surface area (Å²) in [7, 11) is -0.274. The monoisotopic (exact) mass is 311 g/mol. The number of rotatable bonds is 3. The van der Waals surface area contributed by atoms with Gasteiger partial charge in [0.15, 0.2) is 0 Å². The van der Waals surface area contributed by atoms with Gasteiger partial charge in [0.25, 0.3) is 0 Å². The van der Waals surface area contributed by atoms with Crippen LogP contribution < -0.4 is 14.5 Å². The molecule has 0 bridgehead atoms. The van der Waals surface area contributed by atoms with Gasteiger partial charge in [0, 0.05) is 20.1 Å². The van der Waals surface area contributed by atoms with Crippen molar-refractivity contribution >= 4 is 27.3 Å². The second kappa shape index (κ2) is 6.03. The molecular formula is C14H21N3O3S. The van der Waals surface area contributed by atoms with E-state index in [0.29, 0.717) is 6.54 Å². The normalized spacial score (nSPS) is 19.1. The Bertz CT molecular complexity index is 630. The molecule has 1 atom stereocenters. The molecule has 1 aliphatic rings. The topological polar surface area (TPSA) is 69.7 Å². The highest BCUT2D eigenvalue weighted by atomic mass is 32.2. The molecule has 1 aliphatic heterocycles. The molecule has 1 N–H and O–H groups in total. The van der Waals surface area contributed by atoms with Crippen LogP contribution >= 0.6 is 0 Å². The summed E-state index contributed by atoms with van der Waals surface area (Å²) in [5.74, 6) is -0.684. The van der Waals surface area contributed by atoms with Gasteiger partial charge >= 0.3 is 0 Å². The van der Waals surface area contributed by atoms with Crippen molar-refractivity contribution in [3.8, 4) is 0 Å². The predicted octanol–water partition coefficient (Wildman–Crippen LogP) is 0.655. The Morgan fingerprint density at radius 2 is 1.90 bits per heavy atom. The van der Waals surface area contributed by atoms with Gasteiger partial charge in [0.1, 0.15) is 5.75 Å². The smallest absolute Gasteiger partial charge is 0.243 e. The minimum Gasteiger partial charge on any atom is -0.373 e. The van der Waals surface area contributed by atoms with Crippen LogP contribution in [0.15, 0.2) is 24.3 Å². The van der Waals surface area contributed by atoms with E-state index in [2.05, 4.69) is 16.5 Å². The fraction of sp³-hybridized carbons (Fsp3) is 0.500. The van der Waals surface area contributed by atoms with Crippen LogP contribution in [0.5, 0.6) is 0 Å². The molecule has 0 radical (unpaired) electrons. The lowest BCUT2D eigenvalue weighted by molar-refractivity contribution is -0.116. The number of sulfonamides is 1. The highest BCUT2D eigenvalue weighted by molar-refractivity contribution is 7.90. The minimum atomic E-state index is -3.57. The zero-order valence-corrected chi connectivity index (χ0v) is 13.4. The molecule has 0 unspecified atom stereocenters. The molecule has 0 saturated heterocycles. The lowest BCUT2D eigenvalue weighted by Gasteiger charge is -2.24. The van der Waals surface area contributed by atoms with Gasteiger partial charge < -0.3 is 9.80 Å². The first-order valence-corrected chi connectivity index (χ1v) is 8.51. The summed E-state index contributed by atoms with van der Waals surface area (Å²) >= 11 is 0. The standard InChI is InChI=1S/C14H21N3O3S/c1-11-8-16(3)12-6-4-5-7-13(12)17(9-11)14(18)10-21(19,20)15-2/h4-7,11,15H,8-10H2,1-3H3/t11-/m0/s1. The Morgan fingerprint density at radius 1 is 1.29 bits per heavy atom. The second-order valence-corrected chi connectivity index (χ2v) is 7.37. The summed E-state index contributed by atoms with van der Waals surface area (Å²) in [6.07, 6.45) is 0.